The van der Waals surface area contributed by atoms with Crippen molar-refractivity contribution in [1.82, 2.24) is 10.2 Å². The van der Waals surface area contributed by atoms with E-state index in [2.05, 4.69) is 5.32 Å². The van der Waals surface area contributed by atoms with E-state index in [9.17, 15) is 4.79 Å². The highest BCUT2D eigenvalue weighted by Crippen LogP contribution is 2.05. The molecule has 11 heavy (non-hydrogen) atoms. The van der Waals surface area contributed by atoms with Crippen molar-refractivity contribution in [3.05, 3.63) is 0 Å². The van der Waals surface area contributed by atoms with Crippen LogP contribution in [0.25, 0.3) is 0 Å². The minimum atomic E-state index is 0.152. The van der Waals surface area contributed by atoms with E-state index in [4.69, 9.17) is 0 Å². The predicted molar refractivity (Wildman–Crippen MR) is 44.3 cm³/mol. The van der Waals surface area contributed by atoms with Crippen molar-refractivity contribution in [2.24, 2.45) is 0 Å². The minimum Gasteiger partial charge on any atom is -0.344 e. The lowest BCUT2D eigenvalue weighted by Gasteiger charge is -2.19. The van der Waals surface area contributed by atoms with E-state index in [1.807, 2.05) is 7.05 Å². The Balaban J connectivity index is 2.23. The molecule has 1 heterocycles. The zero-order valence-electron chi connectivity index (χ0n) is 7.26. The molecule has 0 aliphatic carbocycles. The molecular formula is C8H16N2O. The zero-order valence-corrected chi connectivity index (χ0v) is 7.26. The van der Waals surface area contributed by atoms with Gasteiger partial charge in [0.25, 0.3) is 0 Å². The van der Waals surface area contributed by atoms with E-state index < -0.39 is 0 Å². The average molecular weight is 156 g/mol. The molecule has 0 spiro atoms. The molecule has 0 saturated carbocycles. The molecule has 64 valence electrons. The Morgan fingerprint density at radius 1 is 1.73 bits per heavy atom. The minimum absolute atomic E-state index is 0.152. The highest BCUT2D eigenvalue weighted by Gasteiger charge is 2.16. The van der Waals surface area contributed by atoms with Crippen LogP contribution in [0.15, 0.2) is 0 Å². The van der Waals surface area contributed by atoms with Crippen molar-refractivity contribution in [1.29, 1.82) is 0 Å². The summed E-state index contributed by atoms with van der Waals surface area (Å²) in [6.45, 7) is 3.57. The van der Waals surface area contributed by atoms with Crippen LogP contribution in [0.4, 0.5) is 0 Å². The first kappa shape index (κ1) is 8.53. The van der Waals surface area contributed by atoms with Crippen molar-refractivity contribution < 1.29 is 4.79 Å². The van der Waals surface area contributed by atoms with E-state index in [-0.39, 0.29) is 5.91 Å². The van der Waals surface area contributed by atoms with Gasteiger partial charge >= 0.3 is 0 Å². The number of nitrogens with one attached hydrogen (secondary N) is 1. The second kappa shape index (κ2) is 3.72. The highest BCUT2D eigenvalue weighted by atomic mass is 16.2. The fourth-order valence-corrected chi connectivity index (χ4v) is 1.37. The topological polar surface area (TPSA) is 32.3 Å². The zero-order chi connectivity index (χ0) is 8.27. The van der Waals surface area contributed by atoms with Crippen molar-refractivity contribution in [3.63, 3.8) is 0 Å². The summed E-state index contributed by atoms with van der Waals surface area (Å²) in [7, 11) is 1.85. The smallest absolute Gasteiger partial charge is 0.219 e. The maximum Gasteiger partial charge on any atom is 0.219 e. The van der Waals surface area contributed by atoms with Crippen LogP contribution in [-0.4, -0.2) is 37.0 Å². The molecule has 1 N–H and O–H groups in total. The number of rotatable bonds is 2. The summed E-state index contributed by atoms with van der Waals surface area (Å²) in [5, 5.41) is 3.35. The molecule has 1 aliphatic heterocycles. The Morgan fingerprint density at radius 3 is 2.91 bits per heavy atom. The lowest BCUT2D eigenvalue weighted by Crippen LogP contribution is -2.37. The lowest BCUT2D eigenvalue weighted by atomic mass is 10.2. The SMILES string of the molecule is CC(=O)N(C)C[C@@H]1CCCN1. The average Bonchev–Trinajstić information content (AvgIpc) is 2.39. The molecule has 1 aliphatic rings. The summed E-state index contributed by atoms with van der Waals surface area (Å²) >= 11 is 0. The molecule has 0 aromatic carbocycles. The quantitative estimate of drug-likeness (QED) is 0.620. The molecule has 3 heteroatoms. The van der Waals surface area contributed by atoms with Crippen LogP contribution in [0.3, 0.4) is 0 Å². The molecule has 0 aromatic heterocycles. The van der Waals surface area contributed by atoms with Crippen LogP contribution in [0.1, 0.15) is 19.8 Å². The predicted octanol–water partition coefficient (Wildman–Crippen LogP) is 0.217. The third-order valence-corrected chi connectivity index (χ3v) is 2.19. The van der Waals surface area contributed by atoms with Gasteiger partial charge in [-0.3, -0.25) is 4.79 Å². The summed E-state index contributed by atoms with van der Waals surface area (Å²) in [6.07, 6.45) is 2.45. The maximum absolute atomic E-state index is 10.8. The summed E-state index contributed by atoms with van der Waals surface area (Å²) in [5.41, 5.74) is 0. The van der Waals surface area contributed by atoms with E-state index in [1.165, 1.54) is 12.8 Å². The molecule has 0 unspecified atom stereocenters. The fraction of sp³-hybridized carbons (Fsp3) is 0.875. The standard InChI is InChI=1S/C8H16N2O/c1-7(11)10(2)6-8-4-3-5-9-8/h8-9H,3-6H2,1-2H3/t8-/m0/s1. The first-order chi connectivity index (χ1) is 5.20. The molecule has 1 atom stereocenters. The molecule has 1 saturated heterocycles. The van der Waals surface area contributed by atoms with Gasteiger partial charge in [-0.2, -0.15) is 0 Å². The summed E-state index contributed by atoms with van der Waals surface area (Å²) < 4.78 is 0. The number of hydrogen-bond donors (Lipinski definition) is 1. The van der Waals surface area contributed by atoms with Gasteiger partial charge in [-0.05, 0) is 19.4 Å². The largest absolute Gasteiger partial charge is 0.344 e. The number of carbonyl (C=O) groups is 1. The number of hydrogen-bond acceptors (Lipinski definition) is 2. The van der Waals surface area contributed by atoms with Gasteiger partial charge in [-0.25, -0.2) is 0 Å². The second-order valence-electron chi connectivity index (χ2n) is 3.19. The van der Waals surface area contributed by atoms with Gasteiger partial charge in [0.05, 0.1) is 0 Å². The van der Waals surface area contributed by atoms with Crippen molar-refractivity contribution in [2.75, 3.05) is 20.1 Å². The Hall–Kier alpha value is -0.570. The number of nitrogens with zero attached hydrogens (tertiary/aromatic N) is 1. The Labute approximate surface area is 67.8 Å². The summed E-state index contributed by atoms with van der Waals surface area (Å²) in [5.74, 6) is 0.152. The van der Waals surface area contributed by atoms with Crippen molar-refractivity contribution >= 4 is 5.91 Å². The van der Waals surface area contributed by atoms with E-state index in [1.54, 1.807) is 11.8 Å². The summed E-state index contributed by atoms with van der Waals surface area (Å²) in [4.78, 5) is 12.6. The van der Waals surface area contributed by atoms with Crippen molar-refractivity contribution in [3.8, 4) is 0 Å². The van der Waals surface area contributed by atoms with Gasteiger partial charge in [-0.1, -0.05) is 0 Å². The summed E-state index contributed by atoms with van der Waals surface area (Å²) in [6, 6.07) is 0.531. The van der Waals surface area contributed by atoms with Crippen LogP contribution < -0.4 is 5.32 Å². The number of amides is 1. The molecule has 0 radical (unpaired) electrons. The van der Waals surface area contributed by atoms with Gasteiger partial charge in [0.1, 0.15) is 0 Å². The molecular weight excluding hydrogens is 140 g/mol. The van der Waals surface area contributed by atoms with Gasteiger partial charge in [0.2, 0.25) is 5.91 Å². The van der Waals surface area contributed by atoms with Gasteiger partial charge in [-0.15, -0.1) is 0 Å². The molecule has 1 amide bonds. The Morgan fingerprint density at radius 2 is 2.45 bits per heavy atom. The van der Waals surface area contributed by atoms with E-state index in [0.717, 1.165) is 13.1 Å². The van der Waals surface area contributed by atoms with Crippen LogP contribution >= 0.6 is 0 Å². The monoisotopic (exact) mass is 156 g/mol. The van der Waals surface area contributed by atoms with Crippen LogP contribution in [0.5, 0.6) is 0 Å². The first-order valence-corrected chi connectivity index (χ1v) is 4.15. The third kappa shape index (κ3) is 2.50. The number of carbonyl (C=O) groups excluding carboxylic acids is 1. The van der Waals surface area contributed by atoms with E-state index in [0.29, 0.717) is 6.04 Å². The fourth-order valence-electron chi connectivity index (χ4n) is 1.37. The van der Waals surface area contributed by atoms with Crippen LogP contribution in [-0.2, 0) is 4.79 Å². The van der Waals surface area contributed by atoms with Crippen molar-refractivity contribution in [2.45, 2.75) is 25.8 Å². The molecule has 3 nitrogen and oxygen atoms in total. The first-order valence-electron chi connectivity index (χ1n) is 4.15. The van der Waals surface area contributed by atoms with Gasteiger partial charge < -0.3 is 10.2 Å². The number of likely N-dealkylation sites (N-methyl/N-ethyl adjacent to an activating group) is 1. The van der Waals surface area contributed by atoms with E-state index >= 15 is 0 Å². The van der Waals surface area contributed by atoms with Crippen LogP contribution in [0, 0.1) is 0 Å². The molecule has 1 fully saturated rings. The highest BCUT2D eigenvalue weighted by molar-refractivity contribution is 5.72. The lowest BCUT2D eigenvalue weighted by molar-refractivity contribution is -0.127. The van der Waals surface area contributed by atoms with Gasteiger partial charge in [0.15, 0.2) is 0 Å². The third-order valence-electron chi connectivity index (χ3n) is 2.19. The normalized spacial score (nSPS) is 23.6. The molecule has 0 aromatic rings. The van der Waals surface area contributed by atoms with Gasteiger partial charge in [0, 0.05) is 26.6 Å². The van der Waals surface area contributed by atoms with Crippen LogP contribution in [0.2, 0.25) is 0 Å². The molecule has 1 rings (SSSR count). The Bertz CT molecular complexity index is 141. The Kier molecular flexibility index (Phi) is 2.88. The second-order valence-corrected chi connectivity index (χ2v) is 3.19. The molecule has 0 bridgehead atoms. The maximum atomic E-state index is 10.8.